The van der Waals surface area contributed by atoms with E-state index in [1.54, 1.807) is 12.1 Å². The van der Waals surface area contributed by atoms with Gasteiger partial charge in [-0.1, -0.05) is 18.2 Å². The van der Waals surface area contributed by atoms with Gasteiger partial charge in [0.2, 0.25) is 0 Å². The predicted octanol–water partition coefficient (Wildman–Crippen LogP) is 3.31. The number of aliphatic imine (C=N–C) groups is 1. The molecule has 0 amide bonds. The van der Waals surface area contributed by atoms with E-state index >= 15 is 0 Å². The highest BCUT2D eigenvalue weighted by Crippen LogP contribution is 2.42. The van der Waals surface area contributed by atoms with Gasteiger partial charge in [0.1, 0.15) is 5.82 Å². The quantitative estimate of drug-likeness (QED) is 0.599. The zero-order chi connectivity index (χ0) is 19.3. The van der Waals surface area contributed by atoms with Crippen LogP contribution in [0.5, 0.6) is 0 Å². The SMILES string of the molecule is CCN=C(NC1CC1c1ccccc1F)N1CCC(OCC2CCCO2)CC1. The van der Waals surface area contributed by atoms with Crippen LogP contribution in [0.2, 0.25) is 0 Å². The van der Waals surface area contributed by atoms with Gasteiger partial charge in [0.05, 0.1) is 18.8 Å². The van der Waals surface area contributed by atoms with E-state index in [0.29, 0.717) is 12.2 Å². The first-order valence-electron chi connectivity index (χ1n) is 10.8. The summed E-state index contributed by atoms with van der Waals surface area (Å²) < 4.78 is 25.8. The monoisotopic (exact) mass is 389 g/mol. The Labute approximate surface area is 167 Å². The van der Waals surface area contributed by atoms with Crippen molar-refractivity contribution < 1.29 is 13.9 Å². The molecular formula is C22H32FN3O2. The maximum Gasteiger partial charge on any atom is 0.194 e. The molecule has 154 valence electrons. The number of benzene rings is 1. The molecule has 2 heterocycles. The number of ether oxygens (including phenoxy) is 2. The van der Waals surface area contributed by atoms with Gasteiger partial charge in [0, 0.05) is 38.2 Å². The number of piperidine rings is 1. The summed E-state index contributed by atoms with van der Waals surface area (Å²) in [6.45, 7) is 6.29. The van der Waals surface area contributed by atoms with E-state index < -0.39 is 0 Å². The summed E-state index contributed by atoms with van der Waals surface area (Å²) in [7, 11) is 0. The molecule has 1 N–H and O–H groups in total. The van der Waals surface area contributed by atoms with Crippen molar-refractivity contribution in [2.45, 2.75) is 63.2 Å². The number of guanidine groups is 1. The fraction of sp³-hybridized carbons (Fsp3) is 0.682. The van der Waals surface area contributed by atoms with Gasteiger partial charge in [0.15, 0.2) is 5.96 Å². The molecule has 1 aromatic rings. The maximum absolute atomic E-state index is 14.0. The van der Waals surface area contributed by atoms with Crippen LogP contribution in [0.15, 0.2) is 29.3 Å². The summed E-state index contributed by atoms with van der Waals surface area (Å²) in [5.41, 5.74) is 0.817. The van der Waals surface area contributed by atoms with Crippen molar-refractivity contribution >= 4 is 5.96 Å². The second-order valence-electron chi connectivity index (χ2n) is 8.07. The van der Waals surface area contributed by atoms with Crippen molar-refractivity contribution in [3.63, 3.8) is 0 Å². The molecule has 3 fully saturated rings. The standard InChI is InChI=1S/C22H32FN3O2/c1-2-24-22(25-21-14-19(21)18-7-3-4-8-20(18)23)26-11-9-16(10-12-26)28-15-17-6-5-13-27-17/h3-4,7-8,16-17,19,21H,2,5-6,9-15H2,1H3,(H,24,25). The molecule has 1 aliphatic carbocycles. The second kappa shape index (κ2) is 9.23. The van der Waals surface area contributed by atoms with Gasteiger partial charge in [-0.2, -0.15) is 0 Å². The van der Waals surface area contributed by atoms with Crippen LogP contribution in [0, 0.1) is 5.82 Å². The summed E-state index contributed by atoms with van der Waals surface area (Å²) in [5, 5.41) is 3.58. The zero-order valence-electron chi connectivity index (χ0n) is 16.8. The van der Waals surface area contributed by atoms with Gasteiger partial charge in [0.25, 0.3) is 0 Å². The van der Waals surface area contributed by atoms with E-state index in [0.717, 1.165) is 76.5 Å². The Hall–Kier alpha value is -1.66. The minimum absolute atomic E-state index is 0.102. The van der Waals surface area contributed by atoms with Gasteiger partial charge in [-0.25, -0.2) is 4.39 Å². The van der Waals surface area contributed by atoms with E-state index in [2.05, 4.69) is 22.1 Å². The molecule has 2 saturated heterocycles. The van der Waals surface area contributed by atoms with Crippen molar-refractivity contribution in [2.24, 2.45) is 4.99 Å². The molecule has 0 aromatic heterocycles. The number of rotatable bonds is 6. The number of nitrogens with zero attached hydrogens (tertiary/aromatic N) is 2. The third kappa shape index (κ3) is 4.84. The fourth-order valence-corrected chi connectivity index (χ4v) is 4.28. The lowest BCUT2D eigenvalue weighted by Gasteiger charge is -2.34. The molecule has 0 radical (unpaired) electrons. The normalized spacial score (nSPS) is 28.6. The van der Waals surface area contributed by atoms with Gasteiger partial charge < -0.3 is 19.7 Å². The Kier molecular flexibility index (Phi) is 6.47. The van der Waals surface area contributed by atoms with Gasteiger partial charge >= 0.3 is 0 Å². The second-order valence-corrected chi connectivity index (χ2v) is 8.07. The lowest BCUT2D eigenvalue weighted by atomic mass is 10.1. The molecule has 3 unspecified atom stereocenters. The summed E-state index contributed by atoms with van der Waals surface area (Å²) >= 11 is 0. The number of halogens is 1. The molecule has 4 rings (SSSR count). The Bertz CT molecular complexity index is 670. The van der Waals surface area contributed by atoms with Crippen LogP contribution in [-0.4, -0.2) is 62.0 Å². The van der Waals surface area contributed by atoms with Crippen LogP contribution >= 0.6 is 0 Å². The molecule has 1 saturated carbocycles. The molecule has 0 spiro atoms. The van der Waals surface area contributed by atoms with Crippen LogP contribution in [0.25, 0.3) is 0 Å². The maximum atomic E-state index is 14.0. The highest BCUT2D eigenvalue weighted by Gasteiger charge is 2.41. The van der Waals surface area contributed by atoms with E-state index in [1.807, 2.05) is 12.1 Å². The highest BCUT2D eigenvalue weighted by atomic mass is 19.1. The molecule has 3 aliphatic rings. The fourth-order valence-electron chi connectivity index (χ4n) is 4.28. The summed E-state index contributed by atoms with van der Waals surface area (Å²) in [6.07, 6.45) is 5.88. The Balaban J connectivity index is 1.25. The summed E-state index contributed by atoms with van der Waals surface area (Å²) in [5.74, 6) is 1.11. The van der Waals surface area contributed by atoms with Crippen molar-refractivity contribution in [1.82, 2.24) is 10.2 Å². The molecule has 2 aliphatic heterocycles. The van der Waals surface area contributed by atoms with Crippen molar-refractivity contribution in [3.05, 3.63) is 35.6 Å². The topological polar surface area (TPSA) is 46.1 Å². The largest absolute Gasteiger partial charge is 0.376 e. The van der Waals surface area contributed by atoms with Gasteiger partial charge in [-0.15, -0.1) is 0 Å². The van der Waals surface area contributed by atoms with Crippen LogP contribution in [0.4, 0.5) is 4.39 Å². The Morgan fingerprint density at radius 2 is 2.11 bits per heavy atom. The minimum atomic E-state index is -0.102. The summed E-state index contributed by atoms with van der Waals surface area (Å²) in [4.78, 5) is 7.02. The van der Waals surface area contributed by atoms with Crippen molar-refractivity contribution in [3.8, 4) is 0 Å². The van der Waals surface area contributed by atoms with E-state index in [9.17, 15) is 4.39 Å². The molecule has 3 atom stereocenters. The number of likely N-dealkylation sites (tertiary alicyclic amines) is 1. The average molecular weight is 390 g/mol. The molecular weight excluding hydrogens is 357 g/mol. The lowest BCUT2D eigenvalue weighted by molar-refractivity contribution is -0.0367. The Morgan fingerprint density at radius 1 is 1.29 bits per heavy atom. The van der Waals surface area contributed by atoms with E-state index in [-0.39, 0.29) is 17.8 Å². The van der Waals surface area contributed by atoms with Crippen LogP contribution in [0.1, 0.15) is 50.5 Å². The molecule has 1 aromatic carbocycles. The van der Waals surface area contributed by atoms with Crippen molar-refractivity contribution in [2.75, 3.05) is 32.8 Å². The van der Waals surface area contributed by atoms with E-state index in [4.69, 9.17) is 9.47 Å². The summed E-state index contributed by atoms with van der Waals surface area (Å²) in [6, 6.07) is 7.38. The number of nitrogens with one attached hydrogen (secondary N) is 1. The first-order chi connectivity index (χ1) is 13.7. The third-order valence-corrected chi connectivity index (χ3v) is 6.00. The average Bonchev–Trinajstić information content (AvgIpc) is 3.27. The zero-order valence-corrected chi connectivity index (χ0v) is 16.8. The highest BCUT2D eigenvalue weighted by molar-refractivity contribution is 5.81. The smallest absolute Gasteiger partial charge is 0.194 e. The first kappa shape index (κ1) is 19.6. The minimum Gasteiger partial charge on any atom is -0.376 e. The number of hydrogen-bond donors (Lipinski definition) is 1. The van der Waals surface area contributed by atoms with Crippen LogP contribution in [0.3, 0.4) is 0 Å². The molecule has 5 nitrogen and oxygen atoms in total. The number of hydrogen-bond acceptors (Lipinski definition) is 3. The molecule has 6 heteroatoms. The predicted molar refractivity (Wildman–Crippen MR) is 108 cm³/mol. The first-order valence-corrected chi connectivity index (χ1v) is 10.8. The molecule has 0 bridgehead atoms. The third-order valence-electron chi connectivity index (χ3n) is 6.00. The lowest BCUT2D eigenvalue weighted by Crippen LogP contribution is -2.48. The van der Waals surface area contributed by atoms with Crippen molar-refractivity contribution in [1.29, 1.82) is 0 Å². The Morgan fingerprint density at radius 3 is 2.82 bits per heavy atom. The van der Waals surface area contributed by atoms with Crippen LogP contribution < -0.4 is 5.32 Å². The van der Waals surface area contributed by atoms with Gasteiger partial charge in [-0.3, -0.25) is 4.99 Å². The molecule has 28 heavy (non-hydrogen) atoms. The van der Waals surface area contributed by atoms with Crippen LogP contribution in [-0.2, 0) is 9.47 Å². The van der Waals surface area contributed by atoms with Gasteiger partial charge in [-0.05, 0) is 50.7 Å². The van der Waals surface area contributed by atoms with E-state index in [1.165, 1.54) is 0 Å².